The van der Waals surface area contributed by atoms with Crippen LogP contribution in [0.2, 0.25) is 0 Å². The largest absolute Gasteiger partial charge is 0.463 e. The smallest absolute Gasteiger partial charge is 0.245 e. The number of anilines is 1. The van der Waals surface area contributed by atoms with E-state index >= 15 is 0 Å². The van der Waals surface area contributed by atoms with E-state index in [0.717, 1.165) is 5.69 Å². The van der Waals surface area contributed by atoms with Gasteiger partial charge in [-0.15, -0.1) is 0 Å². The average molecular weight is 297 g/mol. The summed E-state index contributed by atoms with van der Waals surface area (Å²) in [4.78, 5) is 25.7. The van der Waals surface area contributed by atoms with E-state index in [-0.39, 0.29) is 18.2 Å². The zero-order valence-electron chi connectivity index (χ0n) is 11.8. The van der Waals surface area contributed by atoms with Crippen LogP contribution in [-0.2, 0) is 9.59 Å². The number of nitrogens with one attached hydrogen (secondary N) is 1. The quantitative estimate of drug-likeness (QED) is 0.690. The Bertz CT molecular complexity index is 680. The number of para-hydroxylation sites is 1. The molecule has 0 radical (unpaired) electrons. The molecule has 1 unspecified atom stereocenters. The summed E-state index contributed by atoms with van der Waals surface area (Å²) in [6.45, 7) is 0.366. The molecule has 1 aromatic carbocycles. The van der Waals surface area contributed by atoms with Crippen LogP contribution in [0, 0.1) is 5.92 Å². The Labute approximate surface area is 127 Å². The van der Waals surface area contributed by atoms with Crippen molar-refractivity contribution in [2.24, 2.45) is 11.0 Å². The molecule has 1 aliphatic rings. The average Bonchev–Trinajstić information content (AvgIpc) is 3.17. The molecule has 6 nitrogen and oxygen atoms in total. The summed E-state index contributed by atoms with van der Waals surface area (Å²) in [5, 5.41) is 3.83. The van der Waals surface area contributed by atoms with Crippen LogP contribution in [0.1, 0.15) is 12.2 Å². The van der Waals surface area contributed by atoms with Gasteiger partial charge >= 0.3 is 0 Å². The van der Waals surface area contributed by atoms with Crippen molar-refractivity contribution >= 4 is 23.7 Å². The van der Waals surface area contributed by atoms with E-state index in [1.54, 1.807) is 17.0 Å². The first-order chi connectivity index (χ1) is 10.7. The summed E-state index contributed by atoms with van der Waals surface area (Å²) in [5.74, 6) is -0.175. The summed E-state index contributed by atoms with van der Waals surface area (Å²) in [6, 6.07) is 12.8. The molecule has 3 rings (SSSR count). The summed E-state index contributed by atoms with van der Waals surface area (Å²) in [7, 11) is 0. The Balaban J connectivity index is 1.59. The Morgan fingerprint density at radius 1 is 1.27 bits per heavy atom. The highest BCUT2D eigenvalue weighted by Gasteiger charge is 2.34. The van der Waals surface area contributed by atoms with Crippen molar-refractivity contribution < 1.29 is 14.0 Å². The summed E-state index contributed by atoms with van der Waals surface area (Å²) < 4.78 is 5.07. The van der Waals surface area contributed by atoms with Gasteiger partial charge in [0.15, 0.2) is 0 Å². The van der Waals surface area contributed by atoms with Crippen LogP contribution in [0.3, 0.4) is 0 Å². The van der Waals surface area contributed by atoms with Crippen LogP contribution < -0.4 is 10.3 Å². The predicted octanol–water partition coefficient (Wildman–Crippen LogP) is 1.78. The van der Waals surface area contributed by atoms with Gasteiger partial charge in [0, 0.05) is 18.7 Å². The van der Waals surface area contributed by atoms with Crippen molar-refractivity contribution in [3.8, 4) is 0 Å². The lowest BCUT2D eigenvalue weighted by atomic mass is 10.1. The van der Waals surface area contributed by atoms with Crippen molar-refractivity contribution in [1.29, 1.82) is 0 Å². The molecule has 0 spiro atoms. The second kappa shape index (κ2) is 6.26. The first-order valence-electron chi connectivity index (χ1n) is 6.96. The number of hydrazone groups is 1. The molecule has 1 aliphatic heterocycles. The summed E-state index contributed by atoms with van der Waals surface area (Å²) in [6.07, 6.45) is 3.14. The number of nitrogens with zero attached hydrogens (tertiary/aromatic N) is 2. The number of benzene rings is 1. The first kappa shape index (κ1) is 14.1. The SMILES string of the molecule is O=C(N/N=C\c1ccco1)C1CC(=O)N(c2ccccc2)C1. The molecule has 2 amide bonds. The van der Waals surface area contributed by atoms with Gasteiger partial charge in [-0.3, -0.25) is 9.59 Å². The van der Waals surface area contributed by atoms with E-state index in [4.69, 9.17) is 4.42 Å². The molecule has 1 fully saturated rings. The lowest BCUT2D eigenvalue weighted by molar-refractivity contribution is -0.126. The molecule has 112 valence electrons. The van der Waals surface area contributed by atoms with Crippen molar-refractivity contribution in [3.05, 3.63) is 54.5 Å². The van der Waals surface area contributed by atoms with E-state index in [1.165, 1.54) is 12.5 Å². The molecule has 0 saturated carbocycles. The van der Waals surface area contributed by atoms with E-state index in [1.807, 2.05) is 30.3 Å². The van der Waals surface area contributed by atoms with Crippen molar-refractivity contribution in [2.75, 3.05) is 11.4 Å². The van der Waals surface area contributed by atoms with E-state index in [2.05, 4.69) is 10.5 Å². The number of carbonyl (C=O) groups excluding carboxylic acids is 2. The Hall–Kier alpha value is -2.89. The minimum atomic E-state index is -0.401. The summed E-state index contributed by atoms with van der Waals surface area (Å²) in [5.41, 5.74) is 3.25. The van der Waals surface area contributed by atoms with Gasteiger partial charge in [0.05, 0.1) is 18.4 Å². The fraction of sp³-hybridized carbons (Fsp3) is 0.188. The van der Waals surface area contributed by atoms with Gasteiger partial charge in [0.1, 0.15) is 5.76 Å². The lowest BCUT2D eigenvalue weighted by Gasteiger charge is -2.16. The lowest BCUT2D eigenvalue weighted by Crippen LogP contribution is -2.30. The van der Waals surface area contributed by atoms with Crippen LogP contribution >= 0.6 is 0 Å². The molecule has 22 heavy (non-hydrogen) atoms. The minimum Gasteiger partial charge on any atom is -0.463 e. The molecular formula is C16H15N3O3. The monoisotopic (exact) mass is 297 g/mol. The molecule has 2 aromatic rings. The standard InChI is InChI=1S/C16H15N3O3/c20-15-9-12(11-19(15)13-5-2-1-3-6-13)16(21)18-17-10-14-7-4-8-22-14/h1-8,10,12H,9,11H2,(H,18,21)/b17-10-. The molecule has 2 heterocycles. The van der Waals surface area contributed by atoms with E-state index < -0.39 is 5.92 Å². The Kier molecular flexibility index (Phi) is 4.00. The summed E-state index contributed by atoms with van der Waals surface area (Å²) >= 11 is 0. The second-order valence-electron chi connectivity index (χ2n) is 4.99. The molecule has 0 aliphatic carbocycles. The van der Waals surface area contributed by atoms with E-state index in [9.17, 15) is 9.59 Å². The molecule has 1 N–H and O–H groups in total. The van der Waals surface area contributed by atoms with Gasteiger partial charge in [-0.25, -0.2) is 5.43 Å². The highest BCUT2D eigenvalue weighted by atomic mass is 16.3. The van der Waals surface area contributed by atoms with E-state index in [0.29, 0.717) is 12.3 Å². The van der Waals surface area contributed by atoms with Crippen molar-refractivity contribution in [3.63, 3.8) is 0 Å². The van der Waals surface area contributed by atoms with Gasteiger partial charge in [0.2, 0.25) is 11.8 Å². The van der Waals surface area contributed by atoms with Gasteiger partial charge in [0.25, 0.3) is 0 Å². The maximum absolute atomic E-state index is 12.1. The number of amides is 2. The normalized spacial score (nSPS) is 18.1. The van der Waals surface area contributed by atoms with Crippen LogP contribution in [0.5, 0.6) is 0 Å². The highest BCUT2D eigenvalue weighted by Crippen LogP contribution is 2.24. The van der Waals surface area contributed by atoms with Gasteiger partial charge in [-0.2, -0.15) is 5.10 Å². The fourth-order valence-corrected chi connectivity index (χ4v) is 2.36. The first-order valence-corrected chi connectivity index (χ1v) is 6.96. The van der Waals surface area contributed by atoms with Gasteiger partial charge < -0.3 is 9.32 Å². The molecule has 1 saturated heterocycles. The van der Waals surface area contributed by atoms with Crippen molar-refractivity contribution in [2.45, 2.75) is 6.42 Å². The Morgan fingerprint density at radius 2 is 2.09 bits per heavy atom. The maximum atomic E-state index is 12.1. The van der Waals surface area contributed by atoms with Crippen molar-refractivity contribution in [1.82, 2.24) is 5.43 Å². The third kappa shape index (κ3) is 3.06. The molecular weight excluding hydrogens is 282 g/mol. The molecule has 0 bridgehead atoms. The predicted molar refractivity (Wildman–Crippen MR) is 81.3 cm³/mol. The fourth-order valence-electron chi connectivity index (χ4n) is 2.36. The second-order valence-corrected chi connectivity index (χ2v) is 4.99. The van der Waals surface area contributed by atoms with Crippen LogP contribution in [0.15, 0.2) is 58.2 Å². The molecule has 1 atom stereocenters. The Morgan fingerprint density at radius 3 is 2.82 bits per heavy atom. The van der Waals surface area contributed by atoms with Crippen LogP contribution in [0.25, 0.3) is 0 Å². The third-order valence-electron chi connectivity index (χ3n) is 3.47. The van der Waals surface area contributed by atoms with Gasteiger partial charge in [-0.05, 0) is 24.3 Å². The zero-order valence-corrected chi connectivity index (χ0v) is 11.8. The topological polar surface area (TPSA) is 74.9 Å². The maximum Gasteiger partial charge on any atom is 0.245 e. The highest BCUT2D eigenvalue weighted by molar-refractivity contribution is 6.00. The number of hydrogen-bond acceptors (Lipinski definition) is 4. The molecule has 1 aromatic heterocycles. The molecule has 6 heteroatoms. The minimum absolute atomic E-state index is 0.0543. The van der Waals surface area contributed by atoms with Crippen LogP contribution in [-0.4, -0.2) is 24.6 Å². The number of carbonyl (C=O) groups is 2. The number of rotatable bonds is 4. The number of hydrogen-bond donors (Lipinski definition) is 1. The zero-order chi connectivity index (χ0) is 15.4. The third-order valence-corrected chi connectivity index (χ3v) is 3.47. The number of furan rings is 1. The van der Waals surface area contributed by atoms with Crippen LogP contribution in [0.4, 0.5) is 5.69 Å². The van der Waals surface area contributed by atoms with Gasteiger partial charge in [-0.1, -0.05) is 18.2 Å².